The molecule has 1 saturated heterocycles. The quantitative estimate of drug-likeness (QED) is 0.207. The van der Waals surface area contributed by atoms with Crippen molar-refractivity contribution in [3.05, 3.63) is 81.9 Å². The van der Waals surface area contributed by atoms with Crippen molar-refractivity contribution in [3.8, 4) is 34.3 Å². The number of hydrogen-bond donors (Lipinski definition) is 1. The van der Waals surface area contributed by atoms with E-state index in [-0.39, 0.29) is 22.9 Å². The van der Waals surface area contributed by atoms with Gasteiger partial charge in [0.05, 0.1) is 17.6 Å². The number of carbonyl (C=O) groups is 1. The lowest BCUT2D eigenvalue weighted by molar-refractivity contribution is -0.384. The van der Waals surface area contributed by atoms with Crippen LogP contribution in [0, 0.1) is 10.1 Å². The minimum Gasteiger partial charge on any atom is -0.507 e. The van der Waals surface area contributed by atoms with Crippen molar-refractivity contribution in [2.45, 2.75) is 6.54 Å². The number of nitro benzene ring substituents is 1. The topological polar surface area (TPSA) is 135 Å². The third-order valence-electron chi connectivity index (χ3n) is 6.51. The first-order valence-corrected chi connectivity index (χ1v) is 12.0. The molecule has 0 spiro atoms. The van der Waals surface area contributed by atoms with Crippen molar-refractivity contribution in [1.29, 1.82) is 0 Å². The van der Waals surface area contributed by atoms with Crippen molar-refractivity contribution < 1.29 is 24.1 Å². The van der Waals surface area contributed by atoms with Crippen LogP contribution in [-0.2, 0) is 6.54 Å². The first kappa shape index (κ1) is 24.9. The third-order valence-corrected chi connectivity index (χ3v) is 6.51. The Kier molecular flexibility index (Phi) is 7.00. The minimum atomic E-state index is -0.401. The maximum Gasteiger partial charge on any atom is 0.293 e. The second-order valence-electron chi connectivity index (χ2n) is 8.89. The fourth-order valence-corrected chi connectivity index (χ4v) is 4.49. The van der Waals surface area contributed by atoms with Gasteiger partial charge in [0, 0.05) is 49.9 Å². The molecule has 0 saturated carbocycles. The van der Waals surface area contributed by atoms with Gasteiger partial charge < -0.3 is 19.3 Å². The van der Waals surface area contributed by atoms with Gasteiger partial charge in [0.1, 0.15) is 17.2 Å². The zero-order valence-electron chi connectivity index (χ0n) is 20.6. The minimum absolute atomic E-state index is 0.0359. The van der Waals surface area contributed by atoms with Gasteiger partial charge in [-0.3, -0.25) is 19.8 Å². The molecule has 1 aliphatic rings. The highest BCUT2D eigenvalue weighted by Crippen LogP contribution is 2.34. The highest BCUT2D eigenvalue weighted by Gasteiger charge is 2.25. The number of carbonyl (C=O) groups excluding carboxylic acids is 1. The molecule has 38 heavy (non-hydrogen) atoms. The monoisotopic (exact) mass is 515 g/mol. The molecule has 1 fully saturated rings. The summed E-state index contributed by atoms with van der Waals surface area (Å²) in [4.78, 5) is 31.3. The Morgan fingerprint density at radius 2 is 1.89 bits per heavy atom. The molecule has 3 aromatic carbocycles. The molecule has 11 nitrogen and oxygen atoms in total. The molecule has 1 aromatic heterocycles. The number of nitro groups is 1. The van der Waals surface area contributed by atoms with Crippen LogP contribution in [0.1, 0.15) is 15.9 Å². The van der Waals surface area contributed by atoms with Gasteiger partial charge in [0.15, 0.2) is 6.29 Å². The molecule has 1 aliphatic heterocycles. The van der Waals surface area contributed by atoms with Crippen LogP contribution in [0.5, 0.6) is 11.5 Å². The Balaban J connectivity index is 1.30. The molecule has 1 N–H and O–H groups in total. The number of anilines is 1. The number of aldehydes is 1. The zero-order chi connectivity index (χ0) is 26.6. The number of ether oxygens (including phenoxy) is 1. The van der Waals surface area contributed by atoms with Crippen molar-refractivity contribution >= 4 is 17.7 Å². The number of rotatable bonds is 8. The fourth-order valence-electron chi connectivity index (χ4n) is 4.49. The maximum atomic E-state index is 12.0. The summed E-state index contributed by atoms with van der Waals surface area (Å²) in [7, 11) is 1.57. The van der Waals surface area contributed by atoms with E-state index in [4.69, 9.17) is 9.26 Å². The van der Waals surface area contributed by atoms with Gasteiger partial charge in [-0.15, -0.1) is 0 Å². The Morgan fingerprint density at radius 3 is 2.63 bits per heavy atom. The lowest BCUT2D eigenvalue weighted by Gasteiger charge is -2.35. The number of piperazine rings is 1. The second-order valence-corrected chi connectivity index (χ2v) is 8.89. The molecule has 0 atom stereocenters. The normalized spacial score (nSPS) is 13.9. The van der Waals surface area contributed by atoms with E-state index in [9.17, 15) is 20.0 Å². The summed E-state index contributed by atoms with van der Waals surface area (Å²) in [6, 6.07) is 17.1. The average molecular weight is 516 g/mol. The van der Waals surface area contributed by atoms with Crippen molar-refractivity contribution in [1.82, 2.24) is 15.0 Å². The number of methoxy groups -OCH3 is 1. The predicted molar refractivity (Wildman–Crippen MR) is 139 cm³/mol. The molecule has 11 heteroatoms. The van der Waals surface area contributed by atoms with Crippen LogP contribution >= 0.6 is 0 Å². The van der Waals surface area contributed by atoms with Gasteiger partial charge in [0.25, 0.3) is 11.6 Å². The predicted octanol–water partition coefficient (Wildman–Crippen LogP) is 4.16. The van der Waals surface area contributed by atoms with Gasteiger partial charge in [0.2, 0.25) is 5.82 Å². The van der Waals surface area contributed by atoms with Gasteiger partial charge in [-0.2, -0.15) is 4.98 Å². The summed E-state index contributed by atoms with van der Waals surface area (Å²) in [6.45, 7) is 3.18. The Bertz CT molecular complexity index is 1480. The summed E-state index contributed by atoms with van der Waals surface area (Å²) in [5.41, 5.74) is 2.83. The molecule has 0 unspecified atom stereocenters. The lowest BCUT2D eigenvalue weighted by Crippen LogP contribution is -2.46. The van der Waals surface area contributed by atoms with Gasteiger partial charge in [-0.1, -0.05) is 23.4 Å². The van der Waals surface area contributed by atoms with E-state index < -0.39 is 4.92 Å². The van der Waals surface area contributed by atoms with E-state index in [0.29, 0.717) is 67.4 Å². The molecule has 0 radical (unpaired) electrons. The highest BCUT2D eigenvalue weighted by molar-refractivity contribution is 5.79. The van der Waals surface area contributed by atoms with Crippen LogP contribution in [0.2, 0.25) is 0 Å². The standard InChI is InChI=1S/C27H25N5O6/c1-37-22-4-2-3-19(14-22)26-28-27(38-29-26)20-6-7-23(24(15-20)32(35)36)31-11-9-30(10-12-31)16-18-5-8-25(34)21(13-18)17-33/h2-8,13-15,17,34H,9-12,16H2,1H3. The van der Waals surface area contributed by atoms with E-state index in [1.165, 1.54) is 12.1 Å². The van der Waals surface area contributed by atoms with E-state index >= 15 is 0 Å². The third kappa shape index (κ3) is 5.18. The summed E-state index contributed by atoms with van der Waals surface area (Å²) in [6.07, 6.45) is 0.632. The van der Waals surface area contributed by atoms with Crippen LogP contribution in [0.25, 0.3) is 22.8 Å². The lowest BCUT2D eigenvalue weighted by atomic mass is 10.1. The number of benzene rings is 3. The van der Waals surface area contributed by atoms with Crippen LogP contribution in [0.4, 0.5) is 11.4 Å². The second kappa shape index (κ2) is 10.7. The number of nitrogens with zero attached hydrogens (tertiary/aromatic N) is 5. The summed E-state index contributed by atoms with van der Waals surface area (Å²) in [5, 5.41) is 25.7. The molecule has 0 aliphatic carbocycles. The van der Waals surface area contributed by atoms with Crippen molar-refractivity contribution in [2.24, 2.45) is 0 Å². The van der Waals surface area contributed by atoms with Gasteiger partial charge >= 0.3 is 0 Å². The first-order chi connectivity index (χ1) is 18.4. The average Bonchev–Trinajstić information content (AvgIpc) is 3.45. The molecule has 0 amide bonds. The number of hydrogen-bond acceptors (Lipinski definition) is 10. The summed E-state index contributed by atoms with van der Waals surface area (Å²) < 4.78 is 10.7. The van der Waals surface area contributed by atoms with Crippen LogP contribution < -0.4 is 9.64 Å². The van der Waals surface area contributed by atoms with E-state index in [1.54, 1.807) is 37.4 Å². The summed E-state index contributed by atoms with van der Waals surface area (Å²) >= 11 is 0. The van der Waals surface area contributed by atoms with Crippen LogP contribution in [-0.4, -0.2) is 64.6 Å². The molecular weight excluding hydrogens is 490 g/mol. The van der Waals surface area contributed by atoms with Crippen LogP contribution in [0.15, 0.2) is 65.2 Å². The Hall–Kier alpha value is -4.77. The number of aromatic nitrogens is 2. The number of phenols is 1. The maximum absolute atomic E-state index is 12.0. The van der Waals surface area contributed by atoms with Crippen LogP contribution in [0.3, 0.4) is 0 Å². The van der Waals surface area contributed by atoms with Crippen molar-refractivity contribution in [2.75, 3.05) is 38.2 Å². The number of aromatic hydroxyl groups is 1. The largest absolute Gasteiger partial charge is 0.507 e. The molecule has 2 heterocycles. The fraction of sp³-hybridized carbons (Fsp3) is 0.222. The SMILES string of the molecule is COc1cccc(-c2noc(-c3ccc(N4CCN(Cc5ccc(O)c(C=O)c5)CC4)c([N+](=O)[O-])c3)n2)c1. The molecular formula is C27H25N5O6. The number of phenolic OH excluding ortho intramolecular Hbond substituents is 1. The first-order valence-electron chi connectivity index (χ1n) is 12.0. The van der Waals surface area contributed by atoms with Gasteiger partial charge in [-0.05, 0) is 42.0 Å². The highest BCUT2D eigenvalue weighted by atomic mass is 16.6. The van der Waals surface area contributed by atoms with E-state index in [2.05, 4.69) is 15.0 Å². The van der Waals surface area contributed by atoms with Gasteiger partial charge in [-0.25, -0.2) is 0 Å². The Morgan fingerprint density at radius 1 is 1.08 bits per heavy atom. The smallest absolute Gasteiger partial charge is 0.293 e. The molecule has 5 rings (SSSR count). The van der Waals surface area contributed by atoms with E-state index in [0.717, 1.165) is 5.56 Å². The van der Waals surface area contributed by atoms with E-state index in [1.807, 2.05) is 23.1 Å². The summed E-state index contributed by atoms with van der Waals surface area (Å²) in [5.74, 6) is 1.16. The molecule has 0 bridgehead atoms. The molecule has 4 aromatic rings. The van der Waals surface area contributed by atoms with Crippen molar-refractivity contribution in [3.63, 3.8) is 0 Å². The zero-order valence-corrected chi connectivity index (χ0v) is 20.6. The molecule has 194 valence electrons. The Labute approximate surface area is 218 Å².